The van der Waals surface area contributed by atoms with Crippen LogP contribution in [0.25, 0.3) is 0 Å². The van der Waals surface area contributed by atoms with Crippen LogP contribution in [0, 0.1) is 6.92 Å². The van der Waals surface area contributed by atoms with Gasteiger partial charge < -0.3 is 15.0 Å². The number of carbonyl (C=O) groups is 2. The van der Waals surface area contributed by atoms with Gasteiger partial charge in [0, 0.05) is 30.8 Å². The molecule has 0 unspecified atom stereocenters. The fourth-order valence-electron chi connectivity index (χ4n) is 2.87. The lowest BCUT2D eigenvalue weighted by Crippen LogP contribution is -2.44. The maximum Gasteiger partial charge on any atom is 0.332 e. The first-order valence-electron chi connectivity index (χ1n) is 7.79. The first kappa shape index (κ1) is 16.1. The topological polar surface area (TPSA) is 112 Å². The molecule has 0 fully saturated rings. The summed E-state index contributed by atoms with van der Waals surface area (Å²) in [5.74, 6) is -0.675. The zero-order chi connectivity index (χ0) is 17.4. The molecule has 2 N–H and O–H groups in total. The molecule has 1 aliphatic rings. The normalized spacial score (nSPS) is 17.0. The van der Waals surface area contributed by atoms with Crippen LogP contribution >= 0.6 is 0 Å². The van der Waals surface area contributed by atoms with Crippen molar-refractivity contribution < 1.29 is 14.7 Å². The highest BCUT2D eigenvalue weighted by Crippen LogP contribution is 2.29. The van der Waals surface area contributed by atoms with Gasteiger partial charge in [-0.3, -0.25) is 4.79 Å². The van der Waals surface area contributed by atoms with Gasteiger partial charge >= 0.3 is 5.97 Å². The smallest absolute Gasteiger partial charge is 0.332 e. The van der Waals surface area contributed by atoms with Crippen molar-refractivity contribution in [3.63, 3.8) is 0 Å². The summed E-state index contributed by atoms with van der Waals surface area (Å²) in [5, 5.41) is 9.58. The van der Waals surface area contributed by atoms with Gasteiger partial charge in [-0.25, -0.2) is 19.7 Å². The number of aromatic amines is 1. The van der Waals surface area contributed by atoms with E-state index >= 15 is 0 Å². The molecule has 2 aromatic rings. The SMILES string of the molecule is Cc1nc(C(C)C)ncc1C(=O)N1CCc2[nH]cnc2[C@H]1C(=O)O. The van der Waals surface area contributed by atoms with E-state index in [-0.39, 0.29) is 11.8 Å². The number of hydrogen-bond acceptors (Lipinski definition) is 5. The average Bonchev–Trinajstić information content (AvgIpc) is 3.01. The first-order chi connectivity index (χ1) is 11.4. The molecule has 3 heterocycles. The van der Waals surface area contributed by atoms with Crippen LogP contribution in [-0.4, -0.2) is 48.4 Å². The predicted octanol–water partition coefficient (Wildman–Crippen LogP) is 1.46. The molecule has 0 bridgehead atoms. The van der Waals surface area contributed by atoms with Gasteiger partial charge in [-0.05, 0) is 6.92 Å². The molecule has 8 nitrogen and oxygen atoms in total. The molecule has 8 heteroatoms. The minimum Gasteiger partial charge on any atom is -0.479 e. The van der Waals surface area contributed by atoms with Crippen molar-refractivity contribution >= 4 is 11.9 Å². The van der Waals surface area contributed by atoms with Gasteiger partial charge in [0.15, 0.2) is 6.04 Å². The van der Waals surface area contributed by atoms with Gasteiger partial charge in [0.2, 0.25) is 0 Å². The Bertz CT molecular complexity index is 799. The van der Waals surface area contributed by atoms with Crippen LogP contribution in [0.1, 0.15) is 59.1 Å². The van der Waals surface area contributed by atoms with Crippen LogP contribution in [0.15, 0.2) is 12.5 Å². The predicted molar refractivity (Wildman–Crippen MR) is 84.6 cm³/mol. The van der Waals surface area contributed by atoms with Crippen molar-refractivity contribution in [2.45, 2.75) is 39.2 Å². The first-order valence-corrected chi connectivity index (χ1v) is 7.79. The average molecular weight is 329 g/mol. The molecule has 126 valence electrons. The molecule has 0 saturated carbocycles. The molecular weight excluding hydrogens is 310 g/mol. The van der Waals surface area contributed by atoms with Crippen LogP contribution in [0.5, 0.6) is 0 Å². The lowest BCUT2D eigenvalue weighted by atomic mass is 10.0. The third-order valence-corrected chi connectivity index (χ3v) is 4.16. The molecule has 0 radical (unpaired) electrons. The summed E-state index contributed by atoms with van der Waals surface area (Å²) in [4.78, 5) is 41.5. The zero-order valence-electron chi connectivity index (χ0n) is 13.8. The molecule has 0 spiro atoms. The second-order valence-electron chi connectivity index (χ2n) is 6.14. The number of fused-ring (bicyclic) bond motifs is 1. The molecule has 0 saturated heterocycles. The van der Waals surface area contributed by atoms with Crippen LogP contribution in [0.3, 0.4) is 0 Å². The van der Waals surface area contributed by atoms with Gasteiger partial charge in [-0.15, -0.1) is 0 Å². The van der Waals surface area contributed by atoms with E-state index in [1.54, 1.807) is 6.92 Å². The monoisotopic (exact) mass is 329 g/mol. The van der Waals surface area contributed by atoms with Gasteiger partial charge in [0.05, 0.1) is 23.3 Å². The minimum absolute atomic E-state index is 0.154. The van der Waals surface area contributed by atoms with E-state index in [2.05, 4.69) is 19.9 Å². The lowest BCUT2D eigenvalue weighted by Gasteiger charge is -2.32. The lowest BCUT2D eigenvalue weighted by molar-refractivity contribution is -0.143. The number of imidazole rings is 1. The highest BCUT2D eigenvalue weighted by molar-refractivity contribution is 5.97. The Labute approximate surface area is 139 Å². The van der Waals surface area contributed by atoms with Crippen LogP contribution < -0.4 is 0 Å². The van der Waals surface area contributed by atoms with Crippen molar-refractivity contribution in [2.24, 2.45) is 0 Å². The highest BCUT2D eigenvalue weighted by atomic mass is 16.4. The van der Waals surface area contributed by atoms with Crippen molar-refractivity contribution in [1.29, 1.82) is 0 Å². The Kier molecular flexibility index (Phi) is 4.04. The van der Waals surface area contributed by atoms with Crippen molar-refractivity contribution in [3.05, 3.63) is 41.0 Å². The van der Waals surface area contributed by atoms with E-state index in [0.29, 0.717) is 35.7 Å². The Morgan fingerprint density at radius 2 is 2.12 bits per heavy atom. The van der Waals surface area contributed by atoms with Crippen molar-refractivity contribution in [1.82, 2.24) is 24.8 Å². The van der Waals surface area contributed by atoms with Crippen LogP contribution in [0.4, 0.5) is 0 Å². The number of carboxylic acid groups (broad SMARTS) is 1. The number of amides is 1. The third kappa shape index (κ3) is 2.64. The van der Waals surface area contributed by atoms with E-state index < -0.39 is 12.0 Å². The fraction of sp³-hybridized carbons (Fsp3) is 0.438. The second-order valence-corrected chi connectivity index (χ2v) is 6.14. The van der Waals surface area contributed by atoms with Gasteiger partial charge in [-0.1, -0.05) is 13.8 Å². The Hall–Kier alpha value is -2.77. The quantitative estimate of drug-likeness (QED) is 0.881. The van der Waals surface area contributed by atoms with E-state index in [1.807, 2.05) is 13.8 Å². The maximum absolute atomic E-state index is 12.9. The summed E-state index contributed by atoms with van der Waals surface area (Å²) in [5.41, 5.74) is 2.02. The number of nitrogens with one attached hydrogen (secondary N) is 1. The van der Waals surface area contributed by atoms with Gasteiger partial charge in [0.1, 0.15) is 5.82 Å². The van der Waals surface area contributed by atoms with Crippen molar-refractivity contribution in [3.8, 4) is 0 Å². The summed E-state index contributed by atoms with van der Waals surface area (Å²) in [7, 11) is 0. The standard InChI is InChI=1S/C16H19N5O3/c1-8(2)14-17-6-10(9(3)20-14)15(22)21-5-4-11-12(19-7-18-11)13(21)16(23)24/h6-8,13H,4-5H2,1-3H3,(H,18,19)(H,23,24)/t13-/m0/s1. The summed E-state index contributed by atoms with van der Waals surface area (Å²) in [6.45, 7) is 5.98. The van der Waals surface area contributed by atoms with E-state index in [0.717, 1.165) is 5.69 Å². The van der Waals surface area contributed by atoms with E-state index in [1.165, 1.54) is 17.4 Å². The van der Waals surface area contributed by atoms with Crippen LogP contribution in [-0.2, 0) is 11.2 Å². The Balaban J connectivity index is 1.96. The van der Waals surface area contributed by atoms with Crippen LogP contribution in [0.2, 0.25) is 0 Å². The largest absolute Gasteiger partial charge is 0.479 e. The summed E-state index contributed by atoms with van der Waals surface area (Å²) in [6.07, 6.45) is 3.48. The Morgan fingerprint density at radius 1 is 1.38 bits per heavy atom. The number of aliphatic carboxylic acids is 1. The van der Waals surface area contributed by atoms with Gasteiger partial charge in [0.25, 0.3) is 5.91 Å². The molecule has 2 aromatic heterocycles. The summed E-state index contributed by atoms with van der Waals surface area (Å²) < 4.78 is 0. The van der Waals surface area contributed by atoms with Crippen molar-refractivity contribution in [2.75, 3.05) is 6.54 Å². The fourth-order valence-corrected chi connectivity index (χ4v) is 2.87. The molecule has 24 heavy (non-hydrogen) atoms. The minimum atomic E-state index is -1.10. The molecule has 1 aliphatic heterocycles. The summed E-state index contributed by atoms with van der Waals surface area (Å²) in [6, 6.07) is -1.10. The third-order valence-electron chi connectivity index (χ3n) is 4.16. The number of hydrogen-bond donors (Lipinski definition) is 2. The number of H-pyrrole nitrogens is 1. The zero-order valence-corrected chi connectivity index (χ0v) is 13.8. The number of rotatable bonds is 3. The molecule has 1 amide bonds. The molecule has 0 aliphatic carbocycles. The molecular formula is C16H19N5O3. The van der Waals surface area contributed by atoms with E-state index in [9.17, 15) is 14.7 Å². The highest BCUT2D eigenvalue weighted by Gasteiger charge is 2.38. The number of carbonyl (C=O) groups excluding carboxylic acids is 1. The number of aryl methyl sites for hydroxylation is 1. The number of aromatic nitrogens is 4. The molecule has 1 atom stereocenters. The maximum atomic E-state index is 12.9. The Morgan fingerprint density at radius 3 is 2.75 bits per heavy atom. The van der Waals surface area contributed by atoms with Gasteiger partial charge in [-0.2, -0.15) is 0 Å². The van der Waals surface area contributed by atoms with E-state index in [4.69, 9.17) is 0 Å². The molecule has 3 rings (SSSR count). The number of carboxylic acids is 1. The molecule has 0 aromatic carbocycles. The number of nitrogens with zero attached hydrogens (tertiary/aromatic N) is 4. The summed E-state index contributed by atoms with van der Waals surface area (Å²) >= 11 is 0. The second kappa shape index (κ2) is 6.03.